The molecule has 0 saturated heterocycles. The maximum absolute atomic E-state index is 11.3. The minimum absolute atomic E-state index is 0.0447. The van der Waals surface area contributed by atoms with Gasteiger partial charge in [0.15, 0.2) is 0 Å². The Labute approximate surface area is 76.4 Å². The maximum atomic E-state index is 11.3. The van der Waals surface area contributed by atoms with Crippen molar-refractivity contribution in [1.29, 1.82) is 0 Å². The van der Waals surface area contributed by atoms with E-state index < -0.39 is 0 Å². The molecule has 1 aromatic heterocycles. The molecule has 13 heavy (non-hydrogen) atoms. The summed E-state index contributed by atoms with van der Waals surface area (Å²) in [5.41, 5.74) is 0. The van der Waals surface area contributed by atoms with Gasteiger partial charge in [0.05, 0.1) is 12.6 Å². The second-order valence-electron chi connectivity index (χ2n) is 2.71. The van der Waals surface area contributed by atoms with Crippen molar-refractivity contribution in [2.24, 2.45) is 0 Å². The van der Waals surface area contributed by atoms with Crippen molar-refractivity contribution < 1.29 is 9.90 Å². The summed E-state index contributed by atoms with van der Waals surface area (Å²) in [5, 5.41) is 11.5. The van der Waals surface area contributed by atoms with E-state index >= 15 is 0 Å². The Kier molecular flexibility index (Phi) is 3.45. The number of carbonyl (C=O) groups is 1. The van der Waals surface area contributed by atoms with E-state index in [1.54, 1.807) is 6.20 Å². The lowest BCUT2D eigenvalue weighted by atomic mass is 10.2. The Bertz CT molecular complexity index is 254. The molecule has 1 amide bonds. The van der Waals surface area contributed by atoms with Crippen LogP contribution in [0.15, 0.2) is 18.7 Å². The average molecular weight is 183 g/mol. The van der Waals surface area contributed by atoms with Crippen molar-refractivity contribution in [2.75, 3.05) is 6.61 Å². The molecule has 1 aromatic rings. The molecular weight excluding hydrogens is 170 g/mol. The molecule has 0 fully saturated rings. The largest absolute Gasteiger partial charge is 0.394 e. The van der Waals surface area contributed by atoms with Crippen molar-refractivity contribution in [3.63, 3.8) is 0 Å². The standard InChI is InChI=1S/C8H13N3O2/c1-2-7(5-12)10-8(13)11-4-3-9-6-11/h3-4,6-7,12H,2,5H2,1H3,(H,10,13)/t7-/m0/s1. The Balaban J connectivity index is 2.50. The van der Waals surface area contributed by atoms with Gasteiger partial charge in [0.25, 0.3) is 0 Å². The predicted octanol–water partition coefficient (Wildman–Crippen LogP) is 0.212. The summed E-state index contributed by atoms with van der Waals surface area (Å²) < 4.78 is 1.33. The smallest absolute Gasteiger partial charge is 0.327 e. The van der Waals surface area contributed by atoms with E-state index in [-0.39, 0.29) is 18.7 Å². The lowest BCUT2D eigenvalue weighted by Crippen LogP contribution is -2.39. The van der Waals surface area contributed by atoms with Crippen molar-refractivity contribution in [3.8, 4) is 0 Å². The van der Waals surface area contributed by atoms with Crippen LogP contribution in [0.25, 0.3) is 0 Å². The number of imidazole rings is 1. The average Bonchev–Trinajstić information content (AvgIpc) is 2.66. The highest BCUT2D eigenvalue weighted by Gasteiger charge is 2.09. The molecule has 1 heterocycles. The Morgan fingerprint density at radius 1 is 1.77 bits per heavy atom. The van der Waals surface area contributed by atoms with Crippen LogP contribution in [0.2, 0.25) is 0 Å². The minimum atomic E-state index is -0.265. The highest BCUT2D eigenvalue weighted by molar-refractivity contribution is 5.76. The van der Waals surface area contributed by atoms with Gasteiger partial charge in [-0.3, -0.25) is 4.57 Å². The topological polar surface area (TPSA) is 67.2 Å². The summed E-state index contributed by atoms with van der Waals surface area (Å²) in [6.07, 6.45) is 5.20. The molecule has 0 aliphatic heterocycles. The van der Waals surface area contributed by atoms with Crippen LogP contribution < -0.4 is 5.32 Å². The predicted molar refractivity (Wildman–Crippen MR) is 47.3 cm³/mol. The second kappa shape index (κ2) is 4.61. The first-order valence-electron chi connectivity index (χ1n) is 4.17. The molecule has 5 heteroatoms. The van der Waals surface area contributed by atoms with E-state index in [0.29, 0.717) is 6.42 Å². The first-order valence-corrected chi connectivity index (χ1v) is 4.17. The third kappa shape index (κ3) is 2.55. The third-order valence-corrected chi connectivity index (χ3v) is 1.78. The first kappa shape index (κ1) is 9.73. The molecule has 5 nitrogen and oxygen atoms in total. The Morgan fingerprint density at radius 2 is 2.54 bits per heavy atom. The molecular formula is C8H13N3O2. The summed E-state index contributed by atoms with van der Waals surface area (Å²) in [6, 6.07) is -0.451. The molecule has 0 aromatic carbocycles. The fourth-order valence-corrected chi connectivity index (χ4v) is 0.905. The number of aromatic nitrogens is 2. The number of aliphatic hydroxyl groups is 1. The fraction of sp³-hybridized carbons (Fsp3) is 0.500. The maximum Gasteiger partial charge on any atom is 0.327 e. The van der Waals surface area contributed by atoms with Crippen molar-refractivity contribution in [2.45, 2.75) is 19.4 Å². The molecule has 1 atom stereocenters. The fourth-order valence-electron chi connectivity index (χ4n) is 0.905. The van der Waals surface area contributed by atoms with Gasteiger partial charge in [-0.25, -0.2) is 9.78 Å². The van der Waals surface area contributed by atoms with Gasteiger partial charge in [0, 0.05) is 12.4 Å². The zero-order chi connectivity index (χ0) is 9.68. The number of aliphatic hydroxyl groups excluding tert-OH is 1. The van der Waals surface area contributed by atoms with E-state index in [9.17, 15) is 4.79 Å². The molecule has 2 N–H and O–H groups in total. The van der Waals surface area contributed by atoms with Crippen LogP contribution in [-0.2, 0) is 0 Å². The molecule has 0 unspecified atom stereocenters. The van der Waals surface area contributed by atoms with Gasteiger partial charge >= 0.3 is 6.03 Å². The molecule has 0 bridgehead atoms. The van der Waals surface area contributed by atoms with Gasteiger partial charge < -0.3 is 10.4 Å². The number of nitrogens with one attached hydrogen (secondary N) is 1. The number of rotatable bonds is 3. The zero-order valence-corrected chi connectivity index (χ0v) is 7.47. The minimum Gasteiger partial charge on any atom is -0.394 e. The molecule has 0 radical (unpaired) electrons. The third-order valence-electron chi connectivity index (χ3n) is 1.78. The molecule has 0 spiro atoms. The number of hydrogen-bond donors (Lipinski definition) is 2. The Morgan fingerprint density at radius 3 is 3.00 bits per heavy atom. The van der Waals surface area contributed by atoms with Crippen molar-refractivity contribution in [3.05, 3.63) is 18.7 Å². The second-order valence-corrected chi connectivity index (χ2v) is 2.71. The number of carbonyl (C=O) groups excluding carboxylic acids is 1. The van der Waals surface area contributed by atoms with Crippen LogP contribution in [0.1, 0.15) is 13.3 Å². The van der Waals surface area contributed by atoms with Crippen LogP contribution in [0.3, 0.4) is 0 Å². The van der Waals surface area contributed by atoms with Gasteiger partial charge in [-0.2, -0.15) is 0 Å². The summed E-state index contributed by atoms with van der Waals surface area (Å²) >= 11 is 0. The monoisotopic (exact) mass is 183 g/mol. The van der Waals surface area contributed by atoms with Crippen LogP contribution in [0, 0.1) is 0 Å². The van der Waals surface area contributed by atoms with E-state index in [2.05, 4.69) is 10.3 Å². The van der Waals surface area contributed by atoms with Crippen LogP contribution in [0.4, 0.5) is 4.79 Å². The molecule has 0 aliphatic rings. The van der Waals surface area contributed by atoms with E-state index in [1.165, 1.54) is 17.1 Å². The van der Waals surface area contributed by atoms with Crippen molar-refractivity contribution >= 4 is 6.03 Å². The summed E-state index contributed by atoms with van der Waals surface area (Å²) in [4.78, 5) is 15.1. The zero-order valence-electron chi connectivity index (χ0n) is 7.47. The lowest BCUT2D eigenvalue weighted by molar-refractivity contribution is 0.215. The molecule has 72 valence electrons. The summed E-state index contributed by atoms with van der Waals surface area (Å²) in [7, 11) is 0. The molecule has 0 aliphatic carbocycles. The number of nitrogens with zero attached hydrogens (tertiary/aromatic N) is 2. The van der Waals surface area contributed by atoms with Gasteiger partial charge in [0.1, 0.15) is 6.33 Å². The quantitative estimate of drug-likeness (QED) is 0.704. The van der Waals surface area contributed by atoms with Crippen LogP contribution >= 0.6 is 0 Å². The normalized spacial score (nSPS) is 12.5. The number of amides is 1. The SMILES string of the molecule is CC[C@@H](CO)NC(=O)n1ccnc1. The number of hydrogen-bond acceptors (Lipinski definition) is 3. The summed E-state index contributed by atoms with van der Waals surface area (Å²) in [5.74, 6) is 0. The van der Waals surface area contributed by atoms with E-state index in [0.717, 1.165) is 0 Å². The van der Waals surface area contributed by atoms with Crippen molar-refractivity contribution in [1.82, 2.24) is 14.9 Å². The van der Waals surface area contributed by atoms with Crippen LogP contribution in [-0.4, -0.2) is 33.3 Å². The van der Waals surface area contributed by atoms with E-state index in [1.807, 2.05) is 6.92 Å². The highest BCUT2D eigenvalue weighted by atomic mass is 16.3. The van der Waals surface area contributed by atoms with Crippen LogP contribution in [0.5, 0.6) is 0 Å². The van der Waals surface area contributed by atoms with Gasteiger partial charge in [0.2, 0.25) is 0 Å². The first-order chi connectivity index (χ1) is 6.27. The molecule has 1 rings (SSSR count). The highest BCUT2D eigenvalue weighted by Crippen LogP contribution is 1.91. The van der Waals surface area contributed by atoms with E-state index in [4.69, 9.17) is 5.11 Å². The summed E-state index contributed by atoms with van der Waals surface area (Å²) in [6.45, 7) is 1.85. The van der Waals surface area contributed by atoms with Gasteiger partial charge in [-0.05, 0) is 6.42 Å². The van der Waals surface area contributed by atoms with Gasteiger partial charge in [-0.15, -0.1) is 0 Å². The Hall–Kier alpha value is -1.36. The molecule has 0 saturated carbocycles. The van der Waals surface area contributed by atoms with Gasteiger partial charge in [-0.1, -0.05) is 6.92 Å². The lowest BCUT2D eigenvalue weighted by Gasteiger charge is -2.13.